The molecule has 0 aromatic carbocycles. The quantitative estimate of drug-likeness (QED) is 0.614. The summed E-state index contributed by atoms with van der Waals surface area (Å²) in [6, 6.07) is 0. The van der Waals surface area contributed by atoms with E-state index in [1.165, 1.54) is 4.90 Å². The molecule has 0 saturated carbocycles. The molecule has 14 heavy (non-hydrogen) atoms. The largest absolute Gasteiger partial charge is 0.347 e. The molecule has 1 aliphatic heterocycles. The fourth-order valence-corrected chi connectivity index (χ4v) is 1.30. The maximum absolute atomic E-state index is 11.5. The minimum atomic E-state index is -0.0275. The van der Waals surface area contributed by atoms with E-state index >= 15 is 0 Å². The van der Waals surface area contributed by atoms with E-state index in [1.54, 1.807) is 19.0 Å². The molecule has 0 atom stereocenters. The van der Waals surface area contributed by atoms with Gasteiger partial charge in [0.2, 0.25) is 11.8 Å². The Labute approximate surface area is 84.0 Å². The standard InChI is InChI=1S/C9H17N3O2/c1-11(2)9(14)7-12-5-3-4-10-6-8(12)13/h10H,3-7H2,1-2H3. The number of carbonyl (C=O) groups is 2. The summed E-state index contributed by atoms with van der Waals surface area (Å²) >= 11 is 0. The fourth-order valence-electron chi connectivity index (χ4n) is 1.30. The molecule has 0 aromatic heterocycles. The van der Waals surface area contributed by atoms with E-state index in [-0.39, 0.29) is 18.4 Å². The van der Waals surface area contributed by atoms with E-state index in [9.17, 15) is 9.59 Å². The van der Waals surface area contributed by atoms with Crippen molar-refractivity contribution in [2.75, 3.05) is 40.3 Å². The predicted octanol–water partition coefficient (Wildman–Crippen LogP) is -1.10. The van der Waals surface area contributed by atoms with Crippen LogP contribution < -0.4 is 5.32 Å². The van der Waals surface area contributed by atoms with Gasteiger partial charge in [0.05, 0.1) is 13.1 Å². The van der Waals surface area contributed by atoms with Crippen molar-refractivity contribution in [3.63, 3.8) is 0 Å². The minimum absolute atomic E-state index is 0.0118. The molecule has 1 saturated heterocycles. The molecule has 1 aliphatic rings. The van der Waals surface area contributed by atoms with Crippen LogP contribution in [-0.4, -0.2) is 61.9 Å². The summed E-state index contributed by atoms with van der Waals surface area (Å²) in [5, 5.41) is 3.01. The number of nitrogens with zero attached hydrogens (tertiary/aromatic N) is 2. The minimum Gasteiger partial charge on any atom is -0.347 e. The van der Waals surface area contributed by atoms with E-state index in [0.29, 0.717) is 13.1 Å². The van der Waals surface area contributed by atoms with Crippen molar-refractivity contribution in [2.45, 2.75) is 6.42 Å². The number of nitrogens with one attached hydrogen (secondary N) is 1. The van der Waals surface area contributed by atoms with Gasteiger partial charge in [0, 0.05) is 20.6 Å². The van der Waals surface area contributed by atoms with Gasteiger partial charge in [-0.15, -0.1) is 0 Å². The second-order valence-corrected chi connectivity index (χ2v) is 3.63. The average molecular weight is 199 g/mol. The maximum atomic E-state index is 11.5. The van der Waals surface area contributed by atoms with Gasteiger partial charge in [0.1, 0.15) is 0 Å². The molecule has 80 valence electrons. The summed E-state index contributed by atoms with van der Waals surface area (Å²) in [5.74, 6) is -0.0158. The third-order valence-electron chi connectivity index (χ3n) is 2.24. The zero-order valence-electron chi connectivity index (χ0n) is 8.75. The van der Waals surface area contributed by atoms with Crippen LogP contribution in [-0.2, 0) is 9.59 Å². The van der Waals surface area contributed by atoms with Gasteiger partial charge in [0.25, 0.3) is 0 Å². The Morgan fingerprint density at radius 1 is 1.57 bits per heavy atom. The Bertz CT molecular complexity index is 228. The van der Waals surface area contributed by atoms with Crippen molar-refractivity contribution in [1.82, 2.24) is 15.1 Å². The first kappa shape index (κ1) is 11.0. The van der Waals surface area contributed by atoms with Crippen molar-refractivity contribution >= 4 is 11.8 Å². The Morgan fingerprint density at radius 3 is 2.93 bits per heavy atom. The first-order valence-corrected chi connectivity index (χ1v) is 4.80. The van der Waals surface area contributed by atoms with Crippen LogP contribution in [0, 0.1) is 0 Å². The average Bonchev–Trinajstić information content (AvgIpc) is 2.32. The van der Waals surface area contributed by atoms with E-state index in [4.69, 9.17) is 0 Å². The molecule has 0 spiro atoms. The highest BCUT2D eigenvalue weighted by molar-refractivity contribution is 5.85. The number of likely N-dealkylation sites (N-methyl/N-ethyl adjacent to an activating group) is 1. The van der Waals surface area contributed by atoms with Gasteiger partial charge in [-0.2, -0.15) is 0 Å². The van der Waals surface area contributed by atoms with E-state index in [2.05, 4.69) is 5.32 Å². The van der Waals surface area contributed by atoms with Crippen LogP contribution in [0.5, 0.6) is 0 Å². The van der Waals surface area contributed by atoms with Crippen molar-refractivity contribution in [3.8, 4) is 0 Å². The predicted molar refractivity (Wildman–Crippen MR) is 52.8 cm³/mol. The molecule has 0 aliphatic carbocycles. The molecule has 0 radical (unpaired) electrons. The monoisotopic (exact) mass is 199 g/mol. The van der Waals surface area contributed by atoms with Gasteiger partial charge in [-0.3, -0.25) is 9.59 Å². The molecular weight excluding hydrogens is 182 g/mol. The Balaban J connectivity index is 2.48. The smallest absolute Gasteiger partial charge is 0.241 e. The van der Waals surface area contributed by atoms with Crippen molar-refractivity contribution in [3.05, 3.63) is 0 Å². The van der Waals surface area contributed by atoms with Crippen LogP contribution in [0.25, 0.3) is 0 Å². The highest BCUT2D eigenvalue weighted by atomic mass is 16.2. The molecule has 0 aromatic rings. The number of hydrogen-bond donors (Lipinski definition) is 1. The lowest BCUT2D eigenvalue weighted by Crippen LogP contribution is -2.42. The molecule has 1 rings (SSSR count). The molecule has 5 heteroatoms. The summed E-state index contributed by atoms with van der Waals surface area (Å²) in [6.45, 7) is 2.07. The van der Waals surface area contributed by atoms with Crippen LogP contribution in [0.15, 0.2) is 0 Å². The third-order valence-corrected chi connectivity index (χ3v) is 2.24. The fraction of sp³-hybridized carbons (Fsp3) is 0.778. The summed E-state index contributed by atoms with van der Waals surface area (Å²) < 4.78 is 0. The third kappa shape index (κ3) is 2.99. The highest BCUT2D eigenvalue weighted by Crippen LogP contribution is 1.97. The number of carbonyl (C=O) groups excluding carboxylic acids is 2. The van der Waals surface area contributed by atoms with Crippen molar-refractivity contribution in [1.29, 1.82) is 0 Å². The van der Waals surface area contributed by atoms with E-state index in [0.717, 1.165) is 13.0 Å². The Hall–Kier alpha value is -1.10. The van der Waals surface area contributed by atoms with Gasteiger partial charge in [-0.05, 0) is 13.0 Å². The number of hydrogen-bond acceptors (Lipinski definition) is 3. The van der Waals surface area contributed by atoms with Crippen LogP contribution in [0.3, 0.4) is 0 Å². The van der Waals surface area contributed by atoms with Crippen LogP contribution in [0.2, 0.25) is 0 Å². The summed E-state index contributed by atoms with van der Waals surface area (Å²) in [7, 11) is 3.39. The lowest BCUT2D eigenvalue weighted by molar-refractivity contribution is -0.138. The SMILES string of the molecule is CN(C)C(=O)CN1CCCNCC1=O. The zero-order chi connectivity index (χ0) is 10.6. The summed E-state index contributed by atoms with van der Waals surface area (Å²) in [6.07, 6.45) is 0.909. The highest BCUT2D eigenvalue weighted by Gasteiger charge is 2.19. The van der Waals surface area contributed by atoms with Gasteiger partial charge in [0.15, 0.2) is 0 Å². The van der Waals surface area contributed by atoms with Gasteiger partial charge in [-0.1, -0.05) is 0 Å². The van der Waals surface area contributed by atoms with Crippen molar-refractivity contribution < 1.29 is 9.59 Å². The molecule has 0 unspecified atom stereocenters. The lowest BCUT2D eigenvalue weighted by Gasteiger charge is -2.21. The molecule has 1 N–H and O–H groups in total. The topological polar surface area (TPSA) is 52.7 Å². The van der Waals surface area contributed by atoms with E-state index in [1.807, 2.05) is 0 Å². The lowest BCUT2D eigenvalue weighted by atomic mass is 10.3. The first-order chi connectivity index (χ1) is 6.61. The van der Waals surface area contributed by atoms with Gasteiger partial charge in [-0.25, -0.2) is 0 Å². The van der Waals surface area contributed by atoms with Crippen LogP contribution in [0.4, 0.5) is 0 Å². The van der Waals surface area contributed by atoms with Crippen LogP contribution >= 0.6 is 0 Å². The van der Waals surface area contributed by atoms with Crippen LogP contribution in [0.1, 0.15) is 6.42 Å². The number of amides is 2. The molecular formula is C9H17N3O2. The molecule has 0 bridgehead atoms. The second-order valence-electron chi connectivity index (χ2n) is 3.63. The molecule has 1 fully saturated rings. The number of rotatable bonds is 2. The van der Waals surface area contributed by atoms with E-state index < -0.39 is 0 Å². The normalized spacial score (nSPS) is 17.9. The van der Waals surface area contributed by atoms with Gasteiger partial charge < -0.3 is 15.1 Å². The molecule has 2 amide bonds. The van der Waals surface area contributed by atoms with Crippen molar-refractivity contribution in [2.24, 2.45) is 0 Å². The summed E-state index contributed by atoms with van der Waals surface area (Å²) in [5.41, 5.74) is 0. The maximum Gasteiger partial charge on any atom is 0.241 e. The Morgan fingerprint density at radius 2 is 2.29 bits per heavy atom. The second kappa shape index (κ2) is 4.95. The molecule has 1 heterocycles. The first-order valence-electron chi connectivity index (χ1n) is 4.80. The summed E-state index contributed by atoms with van der Waals surface area (Å²) in [4.78, 5) is 26.0. The Kier molecular flexibility index (Phi) is 3.88. The van der Waals surface area contributed by atoms with Gasteiger partial charge >= 0.3 is 0 Å². The molecule has 5 nitrogen and oxygen atoms in total. The zero-order valence-corrected chi connectivity index (χ0v) is 8.75.